The third-order valence-electron chi connectivity index (χ3n) is 4.32. The summed E-state index contributed by atoms with van der Waals surface area (Å²) in [6, 6.07) is 16.0. The van der Waals surface area contributed by atoms with Crippen LogP contribution in [0.1, 0.15) is 20.7 Å². The number of hydrogen-bond acceptors (Lipinski definition) is 8. The lowest BCUT2D eigenvalue weighted by Gasteiger charge is -2.41. The maximum Gasteiger partial charge on any atom is 0.338 e. The van der Waals surface area contributed by atoms with Crippen molar-refractivity contribution in [1.82, 2.24) is 0 Å². The molecule has 8 nitrogen and oxygen atoms in total. The van der Waals surface area contributed by atoms with Gasteiger partial charge in [0.05, 0.1) is 17.7 Å². The van der Waals surface area contributed by atoms with Gasteiger partial charge in [0, 0.05) is 0 Å². The SMILES string of the molecule is O=C(O[C@@H]1[C@@H](OC(=O)c2ccccc2)[C@H](O)[C@@H](CO)O[C@@H]1O)c1ccccc1. The summed E-state index contributed by atoms with van der Waals surface area (Å²) >= 11 is 0. The van der Waals surface area contributed by atoms with Crippen LogP contribution in [0.15, 0.2) is 60.7 Å². The Kier molecular flexibility index (Phi) is 6.37. The van der Waals surface area contributed by atoms with Crippen LogP contribution < -0.4 is 0 Å². The second-order valence-corrected chi connectivity index (χ2v) is 6.21. The normalized spacial score (nSPS) is 27.0. The van der Waals surface area contributed by atoms with E-state index in [1.165, 1.54) is 24.3 Å². The van der Waals surface area contributed by atoms with E-state index in [0.29, 0.717) is 0 Å². The highest BCUT2D eigenvalue weighted by atomic mass is 16.7. The highest BCUT2D eigenvalue weighted by Crippen LogP contribution is 2.26. The fourth-order valence-corrected chi connectivity index (χ4v) is 2.85. The second kappa shape index (κ2) is 8.94. The van der Waals surface area contributed by atoms with Crippen molar-refractivity contribution in [2.75, 3.05) is 6.61 Å². The van der Waals surface area contributed by atoms with Gasteiger partial charge in [-0.25, -0.2) is 9.59 Å². The molecule has 5 atom stereocenters. The van der Waals surface area contributed by atoms with E-state index in [-0.39, 0.29) is 11.1 Å². The van der Waals surface area contributed by atoms with E-state index < -0.39 is 49.3 Å². The number of aliphatic hydroxyl groups is 3. The van der Waals surface area contributed by atoms with Gasteiger partial charge in [0.2, 0.25) is 0 Å². The summed E-state index contributed by atoms with van der Waals surface area (Å²) in [6.45, 7) is -0.628. The average Bonchev–Trinajstić information content (AvgIpc) is 2.73. The van der Waals surface area contributed by atoms with Crippen LogP contribution >= 0.6 is 0 Å². The number of ether oxygens (including phenoxy) is 3. The number of hydrogen-bond donors (Lipinski definition) is 3. The first-order valence-electron chi connectivity index (χ1n) is 8.65. The molecule has 1 saturated heterocycles. The monoisotopic (exact) mass is 388 g/mol. The molecule has 0 saturated carbocycles. The second-order valence-electron chi connectivity index (χ2n) is 6.21. The van der Waals surface area contributed by atoms with Gasteiger partial charge >= 0.3 is 11.9 Å². The summed E-state index contributed by atoms with van der Waals surface area (Å²) in [6.07, 6.45) is -7.37. The minimum atomic E-state index is -1.71. The molecule has 28 heavy (non-hydrogen) atoms. The van der Waals surface area contributed by atoms with Crippen LogP contribution in [0.4, 0.5) is 0 Å². The average molecular weight is 388 g/mol. The summed E-state index contributed by atoms with van der Waals surface area (Å²) in [4.78, 5) is 24.8. The quantitative estimate of drug-likeness (QED) is 0.633. The van der Waals surface area contributed by atoms with E-state index in [2.05, 4.69) is 0 Å². The molecule has 148 valence electrons. The van der Waals surface area contributed by atoms with Crippen molar-refractivity contribution in [3.63, 3.8) is 0 Å². The first kappa shape index (κ1) is 20.0. The zero-order valence-corrected chi connectivity index (χ0v) is 14.8. The van der Waals surface area contributed by atoms with Crippen LogP contribution in [0.3, 0.4) is 0 Å². The fraction of sp³-hybridized carbons (Fsp3) is 0.300. The van der Waals surface area contributed by atoms with E-state index in [0.717, 1.165) is 0 Å². The molecular weight excluding hydrogens is 368 g/mol. The van der Waals surface area contributed by atoms with Gasteiger partial charge in [0.25, 0.3) is 0 Å². The van der Waals surface area contributed by atoms with Gasteiger partial charge in [-0.05, 0) is 24.3 Å². The Hall–Kier alpha value is -2.78. The molecule has 8 heteroatoms. The lowest BCUT2D eigenvalue weighted by Crippen LogP contribution is -2.61. The molecule has 0 bridgehead atoms. The van der Waals surface area contributed by atoms with Crippen molar-refractivity contribution < 1.29 is 39.1 Å². The topological polar surface area (TPSA) is 123 Å². The lowest BCUT2D eigenvalue weighted by atomic mass is 9.98. The Morgan fingerprint density at radius 1 is 0.821 bits per heavy atom. The summed E-state index contributed by atoms with van der Waals surface area (Å²) in [5.41, 5.74) is 0.422. The molecule has 1 heterocycles. The number of esters is 2. The zero-order valence-electron chi connectivity index (χ0n) is 14.8. The lowest BCUT2D eigenvalue weighted by molar-refractivity contribution is -0.285. The largest absolute Gasteiger partial charge is 0.452 e. The minimum absolute atomic E-state index is 0.210. The summed E-state index contributed by atoms with van der Waals surface area (Å²) < 4.78 is 15.7. The molecule has 0 aromatic heterocycles. The van der Waals surface area contributed by atoms with Crippen LogP contribution in [0.5, 0.6) is 0 Å². The molecule has 1 fully saturated rings. The number of carbonyl (C=O) groups is 2. The number of rotatable bonds is 5. The van der Waals surface area contributed by atoms with Crippen molar-refractivity contribution in [1.29, 1.82) is 0 Å². The van der Waals surface area contributed by atoms with Gasteiger partial charge in [-0.1, -0.05) is 36.4 Å². The molecule has 0 aliphatic carbocycles. The number of benzene rings is 2. The van der Waals surface area contributed by atoms with Crippen LogP contribution in [-0.4, -0.2) is 64.6 Å². The molecular formula is C20H20O8. The predicted octanol–water partition coefficient (Wildman–Crippen LogP) is 0.508. The number of aliphatic hydroxyl groups excluding tert-OH is 3. The highest BCUT2D eigenvalue weighted by molar-refractivity contribution is 5.90. The molecule has 1 aliphatic heterocycles. The van der Waals surface area contributed by atoms with E-state index in [1.54, 1.807) is 36.4 Å². The van der Waals surface area contributed by atoms with Crippen LogP contribution in [0, 0.1) is 0 Å². The maximum atomic E-state index is 12.4. The molecule has 1 aliphatic rings. The Balaban J connectivity index is 1.82. The van der Waals surface area contributed by atoms with Crippen molar-refractivity contribution in [2.24, 2.45) is 0 Å². The molecule has 3 rings (SSSR count). The van der Waals surface area contributed by atoms with Gasteiger partial charge in [0.1, 0.15) is 12.2 Å². The molecule has 0 spiro atoms. The standard InChI is InChI=1S/C20H20O8/c21-11-14-15(22)16(27-18(23)12-7-3-1-4-8-12)17(20(25)26-14)28-19(24)13-9-5-2-6-10-13/h1-10,14-17,20-22,25H,11H2/t14-,15-,16+,17-,20+/m1/s1. The van der Waals surface area contributed by atoms with Gasteiger partial charge in [-0.3, -0.25) is 0 Å². The van der Waals surface area contributed by atoms with Gasteiger partial charge in [-0.15, -0.1) is 0 Å². The van der Waals surface area contributed by atoms with Crippen LogP contribution in [0.2, 0.25) is 0 Å². The molecule has 2 aromatic rings. The van der Waals surface area contributed by atoms with E-state index in [1.807, 2.05) is 0 Å². The molecule has 0 radical (unpaired) electrons. The smallest absolute Gasteiger partial charge is 0.338 e. The van der Waals surface area contributed by atoms with Crippen LogP contribution in [0.25, 0.3) is 0 Å². The summed E-state index contributed by atoms with van der Waals surface area (Å²) in [5, 5.41) is 30.0. The van der Waals surface area contributed by atoms with E-state index in [4.69, 9.17) is 14.2 Å². The Bertz CT molecular complexity index is 794. The van der Waals surface area contributed by atoms with Crippen molar-refractivity contribution >= 4 is 11.9 Å². The minimum Gasteiger partial charge on any atom is -0.452 e. The molecule has 0 unspecified atom stereocenters. The van der Waals surface area contributed by atoms with Crippen molar-refractivity contribution in [3.8, 4) is 0 Å². The zero-order chi connectivity index (χ0) is 20.1. The van der Waals surface area contributed by atoms with Crippen molar-refractivity contribution in [2.45, 2.75) is 30.7 Å². The Morgan fingerprint density at radius 2 is 1.29 bits per heavy atom. The molecule has 0 amide bonds. The predicted molar refractivity (Wildman–Crippen MR) is 95.3 cm³/mol. The third-order valence-corrected chi connectivity index (χ3v) is 4.32. The van der Waals surface area contributed by atoms with Gasteiger partial charge in [0.15, 0.2) is 18.5 Å². The first-order valence-corrected chi connectivity index (χ1v) is 8.65. The Labute approximate surface area is 160 Å². The molecule has 2 aromatic carbocycles. The van der Waals surface area contributed by atoms with E-state index >= 15 is 0 Å². The van der Waals surface area contributed by atoms with Crippen molar-refractivity contribution in [3.05, 3.63) is 71.8 Å². The summed E-state index contributed by atoms with van der Waals surface area (Å²) in [5.74, 6) is -1.57. The highest BCUT2D eigenvalue weighted by Gasteiger charge is 2.49. The van der Waals surface area contributed by atoms with Crippen LogP contribution in [-0.2, 0) is 14.2 Å². The fourth-order valence-electron chi connectivity index (χ4n) is 2.85. The van der Waals surface area contributed by atoms with E-state index in [9.17, 15) is 24.9 Å². The maximum absolute atomic E-state index is 12.4. The first-order chi connectivity index (χ1) is 13.5. The van der Waals surface area contributed by atoms with Gasteiger partial charge < -0.3 is 29.5 Å². The summed E-state index contributed by atoms with van der Waals surface area (Å²) in [7, 11) is 0. The third kappa shape index (κ3) is 4.37. The van der Waals surface area contributed by atoms with Gasteiger partial charge in [-0.2, -0.15) is 0 Å². The molecule has 3 N–H and O–H groups in total. The number of carbonyl (C=O) groups excluding carboxylic acids is 2. The Morgan fingerprint density at radius 3 is 1.75 bits per heavy atom.